The number of carbonyl (C=O) groups excluding carboxylic acids is 1. The molecule has 0 aliphatic rings. The van der Waals surface area contributed by atoms with Crippen molar-refractivity contribution in [1.29, 1.82) is 0 Å². The van der Waals surface area contributed by atoms with E-state index < -0.39 is 12.1 Å². The van der Waals surface area contributed by atoms with Gasteiger partial charge in [0.05, 0.1) is 14.2 Å². The van der Waals surface area contributed by atoms with Crippen LogP contribution in [0.5, 0.6) is 11.5 Å². The van der Waals surface area contributed by atoms with Crippen LogP contribution in [0.15, 0.2) is 16.6 Å². The Balaban J connectivity index is 3.00. The van der Waals surface area contributed by atoms with Gasteiger partial charge in [-0.05, 0) is 18.6 Å². The predicted molar refractivity (Wildman–Crippen MR) is 74.1 cm³/mol. The van der Waals surface area contributed by atoms with Crippen LogP contribution in [0.2, 0.25) is 0 Å². The van der Waals surface area contributed by atoms with Crippen molar-refractivity contribution in [1.82, 2.24) is 10.9 Å². The van der Waals surface area contributed by atoms with Crippen molar-refractivity contribution in [3.63, 3.8) is 0 Å². The Morgan fingerprint density at radius 1 is 1.37 bits per heavy atom. The summed E-state index contributed by atoms with van der Waals surface area (Å²) >= 11 is 3.30. The summed E-state index contributed by atoms with van der Waals surface area (Å²) < 4.78 is 11.1. The number of rotatable bonds is 6. The van der Waals surface area contributed by atoms with Crippen LogP contribution in [0.25, 0.3) is 0 Å². The molecule has 3 N–H and O–H groups in total. The summed E-state index contributed by atoms with van der Waals surface area (Å²) in [6, 6.07) is 3.32. The van der Waals surface area contributed by atoms with Gasteiger partial charge in [-0.3, -0.25) is 10.2 Å². The molecule has 0 radical (unpaired) electrons. The van der Waals surface area contributed by atoms with Crippen LogP contribution in [0.1, 0.15) is 23.7 Å². The zero-order valence-corrected chi connectivity index (χ0v) is 12.6. The number of carbonyl (C=O) groups is 1. The highest BCUT2D eigenvalue weighted by Gasteiger charge is 2.19. The van der Waals surface area contributed by atoms with Gasteiger partial charge in [0, 0.05) is 4.47 Å². The number of aliphatic hydroxyl groups excluding tert-OH is 1. The molecule has 0 saturated heterocycles. The summed E-state index contributed by atoms with van der Waals surface area (Å²) in [6.45, 7) is 1.78. The maximum Gasteiger partial charge on any atom is 0.273 e. The third-order valence-corrected chi connectivity index (χ3v) is 2.89. The fourth-order valence-electron chi connectivity index (χ4n) is 1.42. The minimum Gasteiger partial charge on any atom is -0.496 e. The molecule has 7 heteroatoms. The smallest absolute Gasteiger partial charge is 0.273 e. The second kappa shape index (κ2) is 7.32. The van der Waals surface area contributed by atoms with Crippen molar-refractivity contribution in [3.8, 4) is 11.5 Å². The SMILES string of the molecule is CCC(O)NNC(=O)c1c(OC)cc(Br)cc1OC. The molecule has 19 heavy (non-hydrogen) atoms. The van der Waals surface area contributed by atoms with Gasteiger partial charge in [-0.2, -0.15) is 0 Å². The van der Waals surface area contributed by atoms with Crippen LogP contribution < -0.4 is 20.3 Å². The van der Waals surface area contributed by atoms with Crippen molar-refractivity contribution in [3.05, 3.63) is 22.2 Å². The summed E-state index contributed by atoms with van der Waals surface area (Å²) in [5, 5.41) is 9.35. The first-order chi connectivity index (χ1) is 9.03. The Morgan fingerprint density at radius 2 is 1.89 bits per heavy atom. The molecule has 0 spiro atoms. The highest BCUT2D eigenvalue weighted by Crippen LogP contribution is 2.32. The zero-order valence-electron chi connectivity index (χ0n) is 11.0. The maximum atomic E-state index is 12.1. The Kier molecular flexibility index (Phi) is 6.07. The van der Waals surface area contributed by atoms with Crippen molar-refractivity contribution < 1.29 is 19.4 Å². The molecule has 0 saturated carbocycles. The highest BCUT2D eigenvalue weighted by atomic mass is 79.9. The molecule has 1 rings (SSSR count). The van der Waals surface area contributed by atoms with Crippen LogP contribution in [-0.4, -0.2) is 31.5 Å². The number of halogens is 1. The predicted octanol–water partition coefficient (Wildman–Crippen LogP) is 1.43. The van der Waals surface area contributed by atoms with Gasteiger partial charge in [0.15, 0.2) is 0 Å². The van der Waals surface area contributed by atoms with E-state index in [1.807, 2.05) is 0 Å². The molecule has 1 unspecified atom stereocenters. The molecular weight excluding hydrogens is 316 g/mol. The Morgan fingerprint density at radius 3 is 2.32 bits per heavy atom. The Hall–Kier alpha value is -1.31. The number of methoxy groups -OCH3 is 2. The van der Waals surface area contributed by atoms with E-state index in [1.165, 1.54) is 14.2 Å². The number of amides is 1. The van der Waals surface area contributed by atoms with Crippen LogP contribution in [-0.2, 0) is 0 Å². The molecule has 1 aromatic carbocycles. The number of hydrogen-bond acceptors (Lipinski definition) is 5. The number of ether oxygens (including phenoxy) is 2. The molecule has 1 amide bonds. The number of hydrogen-bond donors (Lipinski definition) is 3. The van der Waals surface area contributed by atoms with Gasteiger partial charge in [0.25, 0.3) is 5.91 Å². The number of hydrazine groups is 1. The van der Waals surface area contributed by atoms with Gasteiger partial charge < -0.3 is 14.6 Å². The Labute approximate surface area is 120 Å². The van der Waals surface area contributed by atoms with E-state index in [1.54, 1.807) is 19.1 Å². The molecule has 0 bridgehead atoms. The fraction of sp³-hybridized carbons (Fsp3) is 0.417. The van der Waals surface area contributed by atoms with E-state index in [4.69, 9.17) is 9.47 Å². The largest absolute Gasteiger partial charge is 0.496 e. The van der Waals surface area contributed by atoms with E-state index in [0.717, 1.165) is 4.47 Å². The minimum atomic E-state index is -0.809. The van der Waals surface area contributed by atoms with Crippen molar-refractivity contribution >= 4 is 21.8 Å². The molecule has 106 valence electrons. The second-order valence-electron chi connectivity index (χ2n) is 3.71. The van der Waals surface area contributed by atoms with Crippen LogP contribution >= 0.6 is 15.9 Å². The lowest BCUT2D eigenvalue weighted by Gasteiger charge is -2.16. The van der Waals surface area contributed by atoms with E-state index in [0.29, 0.717) is 17.9 Å². The Bertz CT molecular complexity index is 428. The normalized spacial score (nSPS) is 11.8. The first kappa shape index (κ1) is 15.7. The lowest BCUT2D eigenvalue weighted by molar-refractivity contribution is 0.0789. The van der Waals surface area contributed by atoms with Crippen molar-refractivity contribution in [2.45, 2.75) is 19.6 Å². The molecule has 0 aromatic heterocycles. The van der Waals surface area contributed by atoms with E-state index in [9.17, 15) is 9.90 Å². The quantitative estimate of drug-likeness (QED) is 0.542. The summed E-state index contributed by atoms with van der Waals surface area (Å²) in [6.07, 6.45) is -0.342. The monoisotopic (exact) mass is 332 g/mol. The molecule has 6 nitrogen and oxygen atoms in total. The summed E-state index contributed by atoms with van der Waals surface area (Å²) in [7, 11) is 2.93. The number of benzene rings is 1. The zero-order chi connectivity index (χ0) is 14.4. The first-order valence-corrected chi connectivity index (χ1v) is 6.48. The lowest BCUT2D eigenvalue weighted by atomic mass is 10.1. The summed E-state index contributed by atoms with van der Waals surface area (Å²) in [4.78, 5) is 12.1. The second-order valence-corrected chi connectivity index (χ2v) is 4.62. The van der Waals surface area contributed by atoms with E-state index in [2.05, 4.69) is 26.8 Å². The van der Waals surface area contributed by atoms with Gasteiger partial charge in [-0.1, -0.05) is 22.9 Å². The molecule has 1 aromatic rings. The highest BCUT2D eigenvalue weighted by molar-refractivity contribution is 9.10. The van der Waals surface area contributed by atoms with E-state index in [-0.39, 0.29) is 5.56 Å². The third-order valence-electron chi connectivity index (χ3n) is 2.44. The molecule has 0 aliphatic carbocycles. The summed E-state index contributed by atoms with van der Waals surface area (Å²) in [5.41, 5.74) is 5.14. The summed E-state index contributed by atoms with van der Waals surface area (Å²) in [5.74, 6) is 0.293. The lowest BCUT2D eigenvalue weighted by Crippen LogP contribution is -2.44. The average Bonchev–Trinajstić information content (AvgIpc) is 2.42. The number of nitrogens with one attached hydrogen (secondary N) is 2. The first-order valence-electron chi connectivity index (χ1n) is 5.68. The average molecular weight is 333 g/mol. The van der Waals surface area contributed by atoms with Gasteiger partial charge in [0.1, 0.15) is 23.3 Å². The fourth-order valence-corrected chi connectivity index (χ4v) is 1.83. The van der Waals surface area contributed by atoms with Crippen LogP contribution in [0.3, 0.4) is 0 Å². The third kappa shape index (κ3) is 4.09. The van der Waals surface area contributed by atoms with Gasteiger partial charge in [0.2, 0.25) is 0 Å². The van der Waals surface area contributed by atoms with Crippen LogP contribution in [0.4, 0.5) is 0 Å². The molecule has 1 atom stereocenters. The number of aliphatic hydroxyl groups is 1. The van der Waals surface area contributed by atoms with Crippen molar-refractivity contribution in [2.24, 2.45) is 0 Å². The molecule has 0 aliphatic heterocycles. The minimum absolute atomic E-state index is 0.254. The topological polar surface area (TPSA) is 79.8 Å². The molecular formula is C12H17BrN2O4. The van der Waals surface area contributed by atoms with Gasteiger partial charge in [-0.15, -0.1) is 0 Å². The standard InChI is InChI=1S/C12H17BrN2O4/c1-4-10(16)14-15-12(17)11-8(18-2)5-7(13)6-9(11)19-3/h5-6,10,14,16H,4H2,1-3H3,(H,15,17). The van der Waals surface area contributed by atoms with Crippen molar-refractivity contribution in [2.75, 3.05) is 14.2 Å². The van der Waals surface area contributed by atoms with Crippen LogP contribution in [0, 0.1) is 0 Å². The maximum absolute atomic E-state index is 12.1. The molecule has 0 fully saturated rings. The van der Waals surface area contributed by atoms with Gasteiger partial charge >= 0.3 is 0 Å². The van der Waals surface area contributed by atoms with E-state index >= 15 is 0 Å². The molecule has 0 heterocycles. The van der Waals surface area contributed by atoms with Gasteiger partial charge in [-0.25, -0.2) is 5.43 Å².